The van der Waals surface area contributed by atoms with Crippen LogP contribution in [0.3, 0.4) is 0 Å². The number of aryl methyl sites for hydroxylation is 1. The maximum absolute atomic E-state index is 12.9. The van der Waals surface area contributed by atoms with E-state index in [2.05, 4.69) is 4.99 Å². The number of thiazole rings is 1. The second-order valence-electron chi connectivity index (χ2n) is 7.49. The van der Waals surface area contributed by atoms with E-state index in [0.717, 1.165) is 14.5 Å². The van der Waals surface area contributed by atoms with Crippen molar-refractivity contribution in [1.82, 2.24) is 8.87 Å². The van der Waals surface area contributed by atoms with Crippen LogP contribution in [0.1, 0.15) is 23.7 Å². The molecule has 2 heterocycles. The van der Waals surface area contributed by atoms with Crippen LogP contribution in [0.4, 0.5) is 0 Å². The third kappa shape index (κ3) is 4.69. The molecule has 0 fully saturated rings. The third-order valence-electron chi connectivity index (χ3n) is 5.10. The SMILES string of the molecule is CCOC(=O)CCn1c(=NC(=O)c2ccc(S(=O)(=O)N(C)C)cc2)sc2cc3c(cc21)OCO3. The van der Waals surface area contributed by atoms with Crippen LogP contribution in [0.5, 0.6) is 11.5 Å². The van der Waals surface area contributed by atoms with Crippen LogP contribution in [0.2, 0.25) is 0 Å². The molecule has 0 bridgehead atoms. The number of rotatable bonds is 7. The van der Waals surface area contributed by atoms with E-state index >= 15 is 0 Å². The smallest absolute Gasteiger partial charge is 0.307 e. The van der Waals surface area contributed by atoms with E-state index < -0.39 is 15.9 Å². The fraction of sp³-hybridized carbons (Fsp3) is 0.318. The quantitative estimate of drug-likeness (QED) is 0.453. The summed E-state index contributed by atoms with van der Waals surface area (Å²) in [4.78, 5) is 29.6. The molecule has 1 amide bonds. The van der Waals surface area contributed by atoms with Crippen LogP contribution >= 0.6 is 11.3 Å². The normalized spacial score (nSPS) is 13.6. The van der Waals surface area contributed by atoms with Crippen molar-refractivity contribution in [3.8, 4) is 11.5 Å². The van der Waals surface area contributed by atoms with Gasteiger partial charge < -0.3 is 18.8 Å². The minimum atomic E-state index is -3.61. The Morgan fingerprint density at radius 3 is 2.47 bits per heavy atom. The summed E-state index contributed by atoms with van der Waals surface area (Å²) in [5.74, 6) is 0.281. The first-order valence-corrected chi connectivity index (χ1v) is 12.7. The number of benzene rings is 2. The maximum atomic E-state index is 12.9. The summed E-state index contributed by atoms with van der Waals surface area (Å²) < 4.78 is 44.1. The average molecular weight is 506 g/mol. The molecule has 4 rings (SSSR count). The highest BCUT2D eigenvalue weighted by Gasteiger charge is 2.20. The van der Waals surface area contributed by atoms with Gasteiger partial charge in [-0.05, 0) is 31.2 Å². The number of aromatic nitrogens is 1. The van der Waals surface area contributed by atoms with Crippen LogP contribution in [0, 0.1) is 0 Å². The Morgan fingerprint density at radius 1 is 1.15 bits per heavy atom. The van der Waals surface area contributed by atoms with Gasteiger partial charge in [0.05, 0.1) is 28.1 Å². The van der Waals surface area contributed by atoms with E-state index in [1.807, 2.05) is 6.07 Å². The Balaban J connectivity index is 1.72. The minimum absolute atomic E-state index is 0.0786. The summed E-state index contributed by atoms with van der Waals surface area (Å²) in [6, 6.07) is 9.20. The molecule has 10 nitrogen and oxygen atoms in total. The Morgan fingerprint density at radius 2 is 1.82 bits per heavy atom. The van der Waals surface area contributed by atoms with Crippen molar-refractivity contribution in [3.05, 3.63) is 46.8 Å². The van der Waals surface area contributed by atoms with Crippen LogP contribution in [0.15, 0.2) is 46.3 Å². The molecule has 1 aliphatic heterocycles. The summed E-state index contributed by atoms with van der Waals surface area (Å²) in [5.41, 5.74) is 0.985. The molecule has 34 heavy (non-hydrogen) atoms. The number of hydrogen-bond acceptors (Lipinski definition) is 8. The number of nitrogens with zero attached hydrogens (tertiary/aromatic N) is 3. The largest absolute Gasteiger partial charge is 0.466 e. The number of hydrogen-bond donors (Lipinski definition) is 0. The standard InChI is InChI=1S/C22H23N3O7S2/c1-4-30-20(26)9-10-25-16-11-17-18(32-13-31-17)12-19(16)33-22(25)23-21(27)14-5-7-15(8-6-14)34(28,29)24(2)3/h5-8,11-12H,4,9-10,13H2,1-3H3. The zero-order chi connectivity index (χ0) is 24.5. The summed E-state index contributed by atoms with van der Waals surface area (Å²) in [6.45, 7) is 2.40. The van der Waals surface area contributed by atoms with Crippen molar-refractivity contribution in [1.29, 1.82) is 0 Å². The summed E-state index contributed by atoms with van der Waals surface area (Å²) >= 11 is 1.27. The van der Waals surface area contributed by atoms with Gasteiger partial charge in [-0.1, -0.05) is 11.3 Å². The molecule has 0 unspecified atom stereocenters. The van der Waals surface area contributed by atoms with Gasteiger partial charge in [-0.2, -0.15) is 4.99 Å². The van der Waals surface area contributed by atoms with Gasteiger partial charge in [-0.3, -0.25) is 9.59 Å². The van der Waals surface area contributed by atoms with E-state index in [0.29, 0.717) is 16.3 Å². The van der Waals surface area contributed by atoms with Crippen molar-refractivity contribution in [2.75, 3.05) is 27.5 Å². The second kappa shape index (κ2) is 9.57. The molecule has 1 aromatic heterocycles. The third-order valence-corrected chi connectivity index (χ3v) is 7.97. The van der Waals surface area contributed by atoms with E-state index in [-0.39, 0.29) is 42.8 Å². The Labute approximate surface area is 200 Å². The molecule has 0 atom stereocenters. The topological polar surface area (TPSA) is 117 Å². The fourth-order valence-electron chi connectivity index (χ4n) is 3.33. The Kier molecular flexibility index (Phi) is 6.73. The molecule has 0 radical (unpaired) electrons. The lowest BCUT2D eigenvalue weighted by molar-refractivity contribution is -0.143. The van der Waals surface area contributed by atoms with E-state index in [1.165, 1.54) is 49.7 Å². The molecule has 180 valence electrons. The number of amides is 1. The molecule has 2 aromatic carbocycles. The van der Waals surface area contributed by atoms with E-state index in [4.69, 9.17) is 14.2 Å². The van der Waals surface area contributed by atoms with Crippen LogP contribution < -0.4 is 14.3 Å². The van der Waals surface area contributed by atoms with Gasteiger partial charge in [0.25, 0.3) is 5.91 Å². The summed E-state index contributed by atoms with van der Waals surface area (Å²) in [6.07, 6.45) is 0.104. The molecule has 3 aromatic rings. The lowest BCUT2D eigenvalue weighted by atomic mass is 10.2. The number of carbonyl (C=O) groups is 2. The van der Waals surface area contributed by atoms with Crippen molar-refractivity contribution in [3.63, 3.8) is 0 Å². The molecular weight excluding hydrogens is 482 g/mol. The molecule has 0 N–H and O–H groups in total. The Hall–Kier alpha value is -3.22. The lowest BCUT2D eigenvalue weighted by Gasteiger charge is -2.11. The number of esters is 1. The van der Waals surface area contributed by atoms with Crippen molar-refractivity contribution in [2.45, 2.75) is 24.8 Å². The van der Waals surface area contributed by atoms with Crippen molar-refractivity contribution < 1.29 is 32.2 Å². The second-order valence-corrected chi connectivity index (χ2v) is 10.7. The van der Waals surface area contributed by atoms with Crippen LogP contribution in [-0.4, -0.2) is 56.7 Å². The van der Waals surface area contributed by atoms with Crippen LogP contribution in [-0.2, 0) is 26.1 Å². The predicted molar refractivity (Wildman–Crippen MR) is 124 cm³/mol. The predicted octanol–water partition coefficient (Wildman–Crippen LogP) is 2.38. The van der Waals surface area contributed by atoms with Gasteiger partial charge in [0.2, 0.25) is 16.8 Å². The highest BCUT2D eigenvalue weighted by molar-refractivity contribution is 7.89. The lowest BCUT2D eigenvalue weighted by Crippen LogP contribution is -2.22. The van der Waals surface area contributed by atoms with Gasteiger partial charge >= 0.3 is 5.97 Å². The number of carbonyl (C=O) groups excluding carboxylic acids is 2. The highest BCUT2D eigenvalue weighted by Crippen LogP contribution is 2.37. The van der Waals surface area contributed by atoms with Gasteiger partial charge in [0.15, 0.2) is 16.3 Å². The first kappa shape index (κ1) is 23.9. The number of fused-ring (bicyclic) bond motifs is 2. The van der Waals surface area contributed by atoms with Gasteiger partial charge in [-0.15, -0.1) is 0 Å². The first-order chi connectivity index (χ1) is 16.2. The molecule has 0 saturated carbocycles. The molecule has 1 aliphatic rings. The molecule has 0 aliphatic carbocycles. The summed E-state index contributed by atoms with van der Waals surface area (Å²) in [5, 5.41) is 0. The van der Waals surface area contributed by atoms with Crippen molar-refractivity contribution in [2.24, 2.45) is 4.99 Å². The Bertz CT molecular complexity index is 1420. The number of ether oxygens (including phenoxy) is 3. The molecule has 12 heteroatoms. The highest BCUT2D eigenvalue weighted by atomic mass is 32.2. The molecule has 0 saturated heterocycles. The molecule has 0 spiro atoms. The van der Waals surface area contributed by atoms with Gasteiger partial charge in [-0.25, -0.2) is 12.7 Å². The monoisotopic (exact) mass is 505 g/mol. The molecular formula is C22H23N3O7S2. The fourth-order valence-corrected chi connectivity index (χ4v) is 5.30. The van der Waals surface area contributed by atoms with E-state index in [1.54, 1.807) is 17.6 Å². The average Bonchev–Trinajstić information content (AvgIpc) is 3.39. The minimum Gasteiger partial charge on any atom is -0.466 e. The summed E-state index contributed by atoms with van der Waals surface area (Å²) in [7, 11) is -0.733. The zero-order valence-corrected chi connectivity index (χ0v) is 20.4. The van der Waals surface area contributed by atoms with Gasteiger partial charge in [0, 0.05) is 38.3 Å². The van der Waals surface area contributed by atoms with Gasteiger partial charge in [0.1, 0.15) is 0 Å². The van der Waals surface area contributed by atoms with E-state index in [9.17, 15) is 18.0 Å². The van der Waals surface area contributed by atoms with Crippen LogP contribution in [0.25, 0.3) is 10.2 Å². The maximum Gasteiger partial charge on any atom is 0.307 e. The van der Waals surface area contributed by atoms with Crippen molar-refractivity contribution >= 4 is 43.5 Å². The number of sulfonamides is 1. The zero-order valence-electron chi connectivity index (χ0n) is 18.8. The first-order valence-electron chi connectivity index (χ1n) is 10.4.